The van der Waals surface area contributed by atoms with Crippen LogP contribution in [0.1, 0.15) is 6.92 Å². The van der Waals surface area contributed by atoms with Gasteiger partial charge in [0.05, 0.1) is 24.7 Å². The second-order valence-corrected chi connectivity index (χ2v) is 6.55. The van der Waals surface area contributed by atoms with E-state index in [-0.39, 0.29) is 0 Å². The number of esters is 1. The van der Waals surface area contributed by atoms with Gasteiger partial charge >= 0.3 is 5.97 Å². The van der Waals surface area contributed by atoms with Crippen molar-refractivity contribution in [3.05, 3.63) is 34.4 Å². The van der Waals surface area contributed by atoms with Crippen LogP contribution < -0.4 is 0 Å². The van der Waals surface area contributed by atoms with E-state index in [4.69, 9.17) is 6.42 Å². The maximum absolute atomic E-state index is 12.8. The molecule has 0 radical (unpaired) electrons. The first-order valence-electron chi connectivity index (χ1n) is 6.63. The van der Waals surface area contributed by atoms with Crippen molar-refractivity contribution in [1.82, 2.24) is 4.31 Å². The zero-order valence-corrected chi connectivity index (χ0v) is 13.8. The molecule has 0 spiro atoms. The number of nitrogens with zero attached hydrogens (tertiary/aromatic N) is 2. The van der Waals surface area contributed by atoms with Crippen molar-refractivity contribution in [2.75, 3.05) is 13.7 Å². The van der Waals surface area contributed by atoms with Gasteiger partial charge in [-0.1, -0.05) is 18.1 Å². The second kappa shape index (κ2) is 7.87. The molecule has 130 valence electrons. The van der Waals surface area contributed by atoms with Crippen LogP contribution in [-0.2, 0) is 19.6 Å². The van der Waals surface area contributed by atoms with Gasteiger partial charge in [0.1, 0.15) is 6.04 Å². The van der Waals surface area contributed by atoms with Crippen LogP contribution in [-0.4, -0.2) is 54.5 Å². The van der Waals surface area contributed by atoms with Gasteiger partial charge in [-0.25, -0.2) is 8.42 Å². The van der Waals surface area contributed by atoms with Crippen LogP contribution in [0, 0.1) is 22.5 Å². The van der Waals surface area contributed by atoms with Crippen molar-refractivity contribution in [2.24, 2.45) is 0 Å². The molecule has 1 rings (SSSR count). The Balaban J connectivity index is 3.57. The number of aliphatic hydroxyl groups excluding tert-OH is 1. The van der Waals surface area contributed by atoms with Crippen molar-refractivity contribution < 1.29 is 28.0 Å². The van der Waals surface area contributed by atoms with Gasteiger partial charge in [-0.05, 0) is 13.0 Å². The molecular weight excluding hydrogens is 340 g/mol. The van der Waals surface area contributed by atoms with Gasteiger partial charge in [-0.15, -0.1) is 6.42 Å². The van der Waals surface area contributed by atoms with E-state index in [1.807, 2.05) is 0 Å². The number of ether oxygens (including phenoxy) is 1. The number of benzene rings is 1. The molecule has 0 bridgehead atoms. The molecule has 0 saturated heterocycles. The fraction of sp³-hybridized carbons (Fsp3) is 0.357. The lowest BCUT2D eigenvalue weighted by molar-refractivity contribution is -0.387. The van der Waals surface area contributed by atoms with Crippen molar-refractivity contribution in [3.8, 4) is 12.3 Å². The first-order valence-corrected chi connectivity index (χ1v) is 8.07. The van der Waals surface area contributed by atoms with Gasteiger partial charge in [0, 0.05) is 6.07 Å². The molecule has 0 unspecified atom stereocenters. The number of sulfonamides is 1. The smallest absolute Gasteiger partial charge is 0.326 e. The summed E-state index contributed by atoms with van der Waals surface area (Å²) < 4.78 is 30.6. The summed E-state index contributed by atoms with van der Waals surface area (Å²) in [6, 6.07) is 2.98. The lowest BCUT2D eigenvalue weighted by Gasteiger charge is -2.29. The predicted molar refractivity (Wildman–Crippen MR) is 83.3 cm³/mol. The standard InChI is InChI=1S/C14H16N2O7S/c1-4-9-15(13(10(2)17)14(18)23-3)24(21,22)12-8-6-5-7-11(12)16(19)20/h1,5-8,10,13,17H,9H2,2-3H3/t10-,13+/m1/s1. The molecule has 1 aromatic carbocycles. The Labute approximate surface area is 139 Å². The number of nitro benzene ring substituents is 1. The van der Waals surface area contributed by atoms with E-state index < -0.39 is 50.2 Å². The van der Waals surface area contributed by atoms with E-state index in [0.717, 1.165) is 19.2 Å². The summed E-state index contributed by atoms with van der Waals surface area (Å²) in [6.07, 6.45) is 3.70. The van der Waals surface area contributed by atoms with Crippen molar-refractivity contribution in [3.63, 3.8) is 0 Å². The van der Waals surface area contributed by atoms with Crippen molar-refractivity contribution >= 4 is 21.7 Å². The first-order chi connectivity index (χ1) is 11.2. The number of aliphatic hydroxyl groups is 1. The fourth-order valence-electron chi connectivity index (χ4n) is 2.05. The monoisotopic (exact) mass is 356 g/mol. The molecular formula is C14H16N2O7S. The van der Waals surface area contributed by atoms with Crippen LogP contribution in [0.4, 0.5) is 5.69 Å². The summed E-state index contributed by atoms with van der Waals surface area (Å²) in [5.74, 6) is 1.03. The van der Waals surface area contributed by atoms with E-state index in [1.54, 1.807) is 0 Å². The minimum atomic E-state index is -4.55. The Hall–Kier alpha value is -2.48. The summed E-state index contributed by atoms with van der Waals surface area (Å²) in [7, 11) is -3.53. The van der Waals surface area contributed by atoms with Crippen molar-refractivity contribution in [2.45, 2.75) is 24.0 Å². The molecule has 0 heterocycles. The summed E-state index contributed by atoms with van der Waals surface area (Å²) in [5.41, 5.74) is -0.672. The zero-order valence-electron chi connectivity index (χ0n) is 12.9. The van der Waals surface area contributed by atoms with Gasteiger partial charge < -0.3 is 9.84 Å². The molecule has 0 fully saturated rings. The van der Waals surface area contributed by atoms with Gasteiger partial charge in [0.15, 0.2) is 4.90 Å². The number of hydrogen-bond acceptors (Lipinski definition) is 7. The highest BCUT2D eigenvalue weighted by atomic mass is 32.2. The maximum atomic E-state index is 12.8. The molecule has 0 aromatic heterocycles. The molecule has 0 aliphatic carbocycles. The lowest BCUT2D eigenvalue weighted by atomic mass is 10.2. The Morgan fingerprint density at radius 1 is 1.50 bits per heavy atom. The average Bonchev–Trinajstić information content (AvgIpc) is 2.53. The molecule has 0 aliphatic rings. The molecule has 0 aliphatic heterocycles. The fourth-order valence-corrected chi connectivity index (χ4v) is 3.77. The Morgan fingerprint density at radius 3 is 2.54 bits per heavy atom. The Kier molecular flexibility index (Phi) is 6.42. The predicted octanol–water partition coefficient (Wildman–Crippen LogP) is 0.141. The van der Waals surface area contributed by atoms with Crippen LogP contribution in [0.25, 0.3) is 0 Å². The summed E-state index contributed by atoms with van der Waals surface area (Å²) in [5, 5.41) is 20.9. The highest BCUT2D eigenvalue weighted by Gasteiger charge is 2.41. The van der Waals surface area contributed by atoms with Crippen LogP contribution >= 0.6 is 0 Å². The number of rotatable bonds is 7. The molecule has 24 heavy (non-hydrogen) atoms. The third kappa shape index (κ3) is 3.88. The van der Waals surface area contributed by atoms with Gasteiger partial charge in [-0.3, -0.25) is 14.9 Å². The van der Waals surface area contributed by atoms with Crippen LogP contribution in [0.2, 0.25) is 0 Å². The molecule has 10 heteroatoms. The topological polar surface area (TPSA) is 127 Å². The SMILES string of the molecule is C#CCN([C@H](C(=O)OC)[C@@H](C)O)S(=O)(=O)c1ccccc1[N+](=O)[O-]. The van der Waals surface area contributed by atoms with Crippen LogP contribution in [0.15, 0.2) is 29.2 Å². The molecule has 0 saturated carbocycles. The Bertz CT molecular complexity index is 768. The normalized spacial score (nSPS) is 13.8. The number of para-hydroxylation sites is 1. The van der Waals surface area contributed by atoms with E-state index in [0.29, 0.717) is 4.31 Å². The van der Waals surface area contributed by atoms with E-state index in [9.17, 15) is 28.4 Å². The summed E-state index contributed by atoms with van der Waals surface area (Å²) >= 11 is 0. The average molecular weight is 356 g/mol. The quantitative estimate of drug-likeness (QED) is 0.319. The minimum Gasteiger partial charge on any atom is -0.468 e. The highest BCUT2D eigenvalue weighted by Crippen LogP contribution is 2.28. The Morgan fingerprint density at radius 2 is 2.08 bits per heavy atom. The van der Waals surface area contributed by atoms with E-state index in [1.165, 1.54) is 19.1 Å². The van der Waals surface area contributed by atoms with E-state index >= 15 is 0 Å². The zero-order chi connectivity index (χ0) is 18.5. The molecule has 1 aromatic rings. The van der Waals surface area contributed by atoms with Crippen LogP contribution in [0.3, 0.4) is 0 Å². The van der Waals surface area contributed by atoms with Crippen molar-refractivity contribution in [1.29, 1.82) is 0 Å². The highest BCUT2D eigenvalue weighted by molar-refractivity contribution is 7.89. The second-order valence-electron chi connectivity index (χ2n) is 4.69. The first kappa shape index (κ1) is 19.6. The van der Waals surface area contributed by atoms with E-state index in [2.05, 4.69) is 10.7 Å². The lowest BCUT2D eigenvalue weighted by Crippen LogP contribution is -2.51. The molecule has 9 nitrogen and oxygen atoms in total. The maximum Gasteiger partial charge on any atom is 0.326 e. The number of carbonyl (C=O) groups excluding carboxylic acids is 1. The number of methoxy groups -OCH3 is 1. The molecule has 1 N–H and O–H groups in total. The number of terminal acetylenes is 1. The molecule has 2 atom stereocenters. The van der Waals surface area contributed by atoms with Gasteiger partial charge in [-0.2, -0.15) is 4.31 Å². The van der Waals surface area contributed by atoms with Gasteiger partial charge in [0.25, 0.3) is 15.7 Å². The number of hydrogen-bond donors (Lipinski definition) is 1. The largest absolute Gasteiger partial charge is 0.468 e. The summed E-state index contributed by atoms with van der Waals surface area (Å²) in [6.45, 7) is 0.596. The number of carbonyl (C=O) groups is 1. The van der Waals surface area contributed by atoms with Crippen LogP contribution in [0.5, 0.6) is 0 Å². The summed E-state index contributed by atoms with van der Waals surface area (Å²) in [4.78, 5) is 21.5. The third-order valence-corrected chi connectivity index (χ3v) is 4.98. The third-order valence-electron chi connectivity index (χ3n) is 3.11. The molecule has 0 amide bonds. The minimum absolute atomic E-state index is 0.506. The van der Waals surface area contributed by atoms with Gasteiger partial charge in [0.2, 0.25) is 0 Å². The number of nitro groups is 1.